The van der Waals surface area contributed by atoms with Gasteiger partial charge < -0.3 is 5.73 Å². The Hall–Kier alpha value is -3.11. The van der Waals surface area contributed by atoms with Crippen LogP contribution >= 0.6 is 11.6 Å². The molecule has 0 spiro atoms. The molecule has 0 amide bonds. The smallest absolute Gasteiger partial charge is 0.214 e. The molecule has 134 valence electrons. The number of guanidine groups is 1. The Morgan fingerprint density at radius 1 is 0.963 bits per heavy atom. The van der Waals surface area contributed by atoms with Gasteiger partial charge in [0, 0.05) is 5.02 Å². The van der Waals surface area contributed by atoms with Crippen molar-refractivity contribution < 1.29 is 0 Å². The molecule has 3 aromatic rings. The number of nitrogens with two attached hydrogens (primary N) is 1. The summed E-state index contributed by atoms with van der Waals surface area (Å²) < 4.78 is 0. The molecule has 1 aliphatic rings. The molecule has 4 rings (SSSR count). The van der Waals surface area contributed by atoms with Crippen LogP contribution in [-0.4, -0.2) is 11.7 Å². The molecule has 0 heterocycles. The lowest BCUT2D eigenvalue weighted by molar-refractivity contribution is 1.00. The third-order valence-corrected chi connectivity index (χ3v) is 4.88. The van der Waals surface area contributed by atoms with Crippen molar-refractivity contribution >= 4 is 29.0 Å². The van der Waals surface area contributed by atoms with E-state index in [4.69, 9.17) is 17.3 Å². The summed E-state index contributed by atoms with van der Waals surface area (Å²) in [5.41, 5.74) is 16.7. The highest BCUT2D eigenvalue weighted by Crippen LogP contribution is 2.36. The van der Waals surface area contributed by atoms with Crippen molar-refractivity contribution in [1.29, 1.82) is 0 Å². The SMILES string of the molecule is C/C(=N\NC(N)=Nc1ccc(Cl)cc1)c1ccc2c(c1)Cc1ccccc1-2. The van der Waals surface area contributed by atoms with E-state index in [1.165, 1.54) is 22.3 Å². The number of hydrogen-bond donors (Lipinski definition) is 2. The van der Waals surface area contributed by atoms with E-state index in [-0.39, 0.29) is 5.96 Å². The summed E-state index contributed by atoms with van der Waals surface area (Å²) in [5.74, 6) is 0.227. The van der Waals surface area contributed by atoms with Gasteiger partial charge >= 0.3 is 0 Å². The lowest BCUT2D eigenvalue weighted by Gasteiger charge is -2.06. The maximum Gasteiger partial charge on any atom is 0.214 e. The first-order chi connectivity index (χ1) is 13.1. The molecule has 4 nitrogen and oxygen atoms in total. The Morgan fingerprint density at radius 3 is 2.52 bits per heavy atom. The molecule has 0 aromatic heterocycles. The molecule has 0 fully saturated rings. The topological polar surface area (TPSA) is 62.8 Å². The van der Waals surface area contributed by atoms with Crippen LogP contribution in [0.25, 0.3) is 11.1 Å². The normalized spacial score (nSPS) is 13.3. The van der Waals surface area contributed by atoms with Crippen molar-refractivity contribution in [2.75, 3.05) is 0 Å². The maximum absolute atomic E-state index is 5.92. The minimum absolute atomic E-state index is 0.227. The standard InChI is InChI=1S/C22H19ClN4/c1-14(26-27-22(24)25-19-9-7-18(23)8-10-19)15-6-11-21-17(12-15)13-16-4-2-3-5-20(16)21/h2-12H,13H2,1H3,(H3,24,25,27)/b26-14+. The minimum atomic E-state index is 0.227. The van der Waals surface area contributed by atoms with Gasteiger partial charge in [-0.3, -0.25) is 0 Å². The predicted molar refractivity (Wildman–Crippen MR) is 113 cm³/mol. The van der Waals surface area contributed by atoms with Crippen molar-refractivity contribution in [2.24, 2.45) is 15.8 Å². The molecule has 0 bridgehead atoms. The Bertz CT molecular complexity index is 1050. The van der Waals surface area contributed by atoms with Crippen molar-refractivity contribution in [2.45, 2.75) is 13.3 Å². The van der Waals surface area contributed by atoms with Crippen LogP contribution in [0, 0.1) is 0 Å². The third kappa shape index (κ3) is 3.71. The highest BCUT2D eigenvalue weighted by atomic mass is 35.5. The van der Waals surface area contributed by atoms with E-state index in [0.29, 0.717) is 10.7 Å². The minimum Gasteiger partial charge on any atom is -0.368 e. The number of aliphatic imine (C=N–C) groups is 1. The lowest BCUT2D eigenvalue weighted by Crippen LogP contribution is -2.27. The second kappa shape index (κ2) is 7.25. The van der Waals surface area contributed by atoms with Gasteiger partial charge in [0.25, 0.3) is 0 Å². The fourth-order valence-electron chi connectivity index (χ4n) is 3.26. The second-order valence-electron chi connectivity index (χ2n) is 6.49. The van der Waals surface area contributed by atoms with Crippen LogP contribution in [-0.2, 0) is 6.42 Å². The first-order valence-corrected chi connectivity index (χ1v) is 9.09. The summed E-state index contributed by atoms with van der Waals surface area (Å²) in [6, 6.07) is 22.1. The van der Waals surface area contributed by atoms with Crippen LogP contribution in [0.2, 0.25) is 5.02 Å². The molecular weight excluding hydrogens is 356 g/mol. The molecule has 0 atom stereocenters. The number of hydrogen-bond acceptors (Lipinski definition) is 2. The Morgan fingerprint density at radius 2 is 1.70 bits per heavy atom. The zero-order chi connectivity index (χ0) is 18.8. The molecule has 0 saturated carbocycles. The van der Waals surface area contributed by atoms with Crippen LogP contribution in [0.1, 0.15) is 23.6 Å². The van der Waals surface area contributed by atoms with Crippen LogP contribution in [0.15, 0.2) is 76.8 Å². The summed E-state index contributed by atoms with van der Waals surface area (Å²) in [4.78, 5) is 4.27. The van der Waals surface area contributed by atoms with Gasteiger partial charge in [0.15, 0.2) is 0 Å². The van der Waals surface area contributed by atoms with E-state index in [9.17, 15) is 0 Å². The highest BCUT2D eigenvalue weighted by molar-refractivity contribution is 6.30. The van der Waals surface area contributed by atoms with E-state index in [2.05, 4.69) is 58.0 Å². The van der Waals surface area contributed by atoms with E-state index in [0.717, 1.165) is 17.7 Å². The van der Waals surface area contributed by atoms with Gasteiger partial charge in [-0.05, 0) is 71.5 Å². The summed E-state index contributed by atoms with van der Waals surface area (Å²) in [6.07, 6.45) is 0.959. The number of benzene rings is 3. The van der Waals surface area contributed by atoms with E-state index < -0.39 is 0 Å². The lowest BCUT2D eigenvalue weighted by atomic mass is 10.0. The van der Waals surface area contributed by atoms with Crippen LogP contribution in [0.4, 0.5) is 5.69 Å². The van der Waals surface area contributed by atoms with Crippen molar-refractivity contribution in [3.05, 3.63) is 88.4 Å². The first kappa shape index (κ1) is 17.3. The number of hydrazone groups is 1. The van der Waals surface area contributed by atoms with Crippen LogP contribution in [0.3, 0.4) is 0 Å². The number of halogens is 1. The van der Waals surface area contributed by atoms with Gasteiger partial charge in [-0.1, -0.05) is 48.0 Å². The Balaban J connectivity index is 1.51. The largest absolute Gasteiger partial charge is 0.368 e. The zero-order valence-electron chi connectivity index (χ0n) is 14.9. The molecular formula is C22H19ClN4. The van der Waals surface area contributed by atoms with E-state index in [1.807, 2.05) is 6.92 Å². The number of nitrogens with one attached hydrogen (secondary N) is 1. The average molecular weight is 375 g/mol. The molecule has 3 N–H and O–H groups in total. The van der Waals surface area contributed by atoms with Gasteiger partial charge in [-0.15, -0.1) is 0 Å². The van der Waals surface area contributed by atoms with Gasteiger partial charge in [0.1, 0.15) is 0 Å². The van der Waals surface area contributed by atoms with Crippen molar-refractivity contribution in [3.63, 3.8) is 0 Å². The van der Waals surface area contributed by atoms with Gasteiger partial charge in [-0.2, -0.15) is 5.10 Å². The number of fused-ring (bicyclic) bond motifs is 3. The number of rotatable bonds is 3. The average Bonchev–Trinajstić information content (AvgIpc) is 3.05. The predicted octanol–water partition coefficient (Wildman–Crippen LogP) is 4.87. The van der Waals surface area contributed by atoms with Crippen LogP contribution in [0.5, 0.6) is 0 Å². The summed E-state index contributed by atoms with van der Waals surface area (Å²) in [7, 11) is 0. The van der Waals surface area contributed by atoms with Gasteiger partial charge in [0.05, 0.1) is 11.4 Å². The van der Waals surface area contributed by atoms with Gasteiger partial charge in [-0.25, -0.2) is 10.4 Å². The summed E-state index contributed by atoms with van der Waals surface area (Å²) in [5, 5.41) is 5.03. The number of nitrogens with zero attached hydrogens (tertiary/aromatic N) is 2. The maximum atomic E-state index is 5.92. The summed E-state index contributed by atoms with van der Waals surface area (Å²) >= 11 is 5.87. The van der Waals surface area contributed by atoms with Crippen molar-refractivity contribution in [1.82, 2.24) is 5.43 Å². The Labute approximate surface area is 163 Å². The summed E-state index contributed by atoms with van der Waals surface area (Å²) in [6.45, 7) is 1.95. The second-order valence-corrected chi connectivity index (χ2v) is 6.92. The molecule has 27 heavy (non-hydrogen) atoms. The molecule has 1 aliphatic carbocycles. The molecule has 5 heteroatoms. The van der Waals surface area contributed by atoms with E-state index >= 15 is 0 Å². The Kier molecular flexibility index (Phi) is 4.65. The zero-order valence-corrected chi connectivity index (χ0v) is 15.7. The monoisotopic (exact) mass is 374 g/mol. The molecule has 0 radical (unpaired) electrons. The fraction of sp³-hybridized carbons (Fsp3) is 0.0909. The third-order valence-electron chi connectivity index (χ3n) is 4.63. The van der Waals surface area contributed by atoms with Crippen molar-refractivity contribution in [3.8, 4) is 11.1 Å². The highest BCUT2D eigenvalue weighted by Gasteiger charge is 2.18. The fourth-order valence-corrected chi connectivity index (χ4v) is 3.38. The van der Waals surface area contributed by atoms with E-state index in [1.54, 1.807) is 24.3 Å². The van der Waals surface area contributed by atoms with Gasteiger partial charge in [0.2, 0.25) is 5.96 Å². The molecule has 0 saturated heterocycles. The molecule has 3 aromatic carbocycles. The first-order valence-electron chi connectivity index (χ1n) is 8.72. The molecule has 0 aliphatic heterocycles. The molecule has 0 unspecified atom stereocenters. The quantitative estimate of drug-likeness (QED) is 0.305. The van der Waals surface area contributed by atoms with Crippen LogP contribution < -0.4 is 11.2 Å².